The molecule has 0 radical (unpaired) electrons. The second-order valence-electron chi connectivity index (χ2n) is 13.6. The number of anilines is 3. The van der Waals surface area contributed by atoms with Crippen LogP contribution >= 0.6 is 0 Å². The zero-order valence-electron chi connectivity index (χ0n) is 30.2. The van der Waals surface area contributed by atoms with Gasteiger partial charge in [-0.05, 0) is 108 Å². The summed E-state index contributed by atoms with van der Waals surface area (Å²) in [5.41, 5.74) is 0.339. The molecule has 0 saturated carbocycles. The van der Waals surface area contributed by atoms with Crippen LogP contribution in [0.3, 0.4) is 0 Å². The number of carbonyl (C=O) groups is 3. The van der Waals surface area contributed by atoms with E-state index in [-0.39, 0.29) is 37.4 Å². The summed E-state index contributed by atoms with van der Waals surface area (Å²) in [6.07, 6.45) is 6.32. The average Bonchev–Trinajstić information content (AvgIpc) is 3.69. The molecule has 3 aliphatic rings. The molecule has 1 N–H and O–H groups in total. The lowest BCUT2D eigenvalue weighted by molar-refractivity contribution is -0.144. The van der Waals surface area contributed by atoms with Crippen LogP contribution in [0.5, 0.6) is 5.75 Å². The molecule has 2 unspecified atom stereocenters. The predicted molar refractivity (Wildman–Crippen MR) is 198 cm³/mol. The highest BCUT2D eigenvalue weighted by molar-refractivity contribution is 6.07. The van der Waals surface area contributed by atoms with Crippen LogP contribution in [-0.2, 0) is 19.1 Å². The Morgan fingerprint density at radius 2 is 1.48 bits per heavy atom. The third-order valence-electron chi connectivity index (χ3n) is 10.7. The van der Waals surface area contributed by atoms with Gasteiger partial charge in [0.1, 0.15) is 17.4 Å². The van der Waals surface area contributed by atoms with E-state index in [0.717, 1.165) is 18.8 Å². The van der Waals surface area contributed by atoms with Gasteiger partial charge in [0.2, 0.25) is 11.8 Å². The van der Waals surface area contributed by atoms with Crippen LogP contribution in [0.4, 0.5) is 17.1 Å². The molecule has 3 saturated heterocycles. The first kappa shape index (κ1) is 37.1. The van der Waals surface area contributed by atoms with E-state index >= 15 is 0 Å². The van der Waals surface area contributed by atoms with Crippen molar-refractivity contribution in [2.45, 2.75) is 77.0 Å². The van der Waals surface area contributed by atoms with Gasteiger partial charge in [-0.1, -0.05) is 12.2 Å². The molecule has 10 heteroatoms. The molecule has 2 aromatic carbocycles. The number of ether oxygens (including phenoxy) is 2. The van der Waals surface area contributed by atoms with Crippen LogP contribution in [-0.4, -0.2) is 90.9 Å². The minimum atomic E-state index is -1.17. The van der Waals surface area contributed by atoms with Gasteiger partial charge in [0.05, 0.1) is 24.0 Å². The first-order chi connectivity index (χ1) is 24.1. The van der Waals surface area contributed by atoms with E-state index in [1.54, 1.807) is 26.9 Å². The highest BCUT2D eigenvalue weighted by atomic mass is 16.5. The molecule has 50 heavy (non-hydrogen) atoms. The van der Waals surface area contributed by atoms with Crippen molar-refractivity contribution in [1.29, 1.82) is 0 Å². The van der Waals surface area contributed by atoms with E-state index in [2.05, 4.69) is 31.9 Å². The summed E-state index contributed by atoms with van der Waals surface area (Å²) < 4.78 is 12.6. The third-order valence-corrected chi connectivity index (χ3v) is 10.7. The summed E-state index contributed by atoms with van der Waals surface area (Å²) in [6.45, 7) is 19.0. The Balaban J connectivity index is 1.54. The molecule has 270 valence electrons. The summed E-state index contributed by atoms with van der Waals surface area (Å²) in [6, 6.07) is 14.3. The molecule has 5 atom stereocenters. The van der Waals surface area contributed by atoms with E-state index in [9.17, 15) is 19.5 Å². The molecule has 3 fully saturated rings. The molecule has 3 heterocycles. The topological polar surface area (TPSA) is 103 Å². The van der Waals surface area contributed by atoms with Gasteiger partial charge in [-0.15, -0.1) is 13.2 Å². The summed E-state index contributed by atoms with van der Waals surface area (Å²) in [4.78, 5) is 51.7. The maximum Gasteiger partial charge on any atom is 0.253 e. The molecule has 3 aliphatic heterocycles. The van der Waals surface area contributed by atoms with E-state index in [4.69, 9.17) is 9.47 Å². The van der Waals surface area contributed by atoms with E-state index in [1.165, 1.54) is 0 Å². The molecule has 5 rings (SSSR count). The van der Waals surface area contributed by atoms with Crippen molar-refractivity contribution >= 4 is 34.8 Å². The number of hydrogen-bond acceptors (Lipinski definition) is 7. The highest BCUT2D eigenvalue weighted by Gasteiger charge is 2.78. The van der Waals surface area contributed by atoms with Crippen LogP contribution in [0.2, 0.25) is 0 Å². The van der Waals surface area contributed by atoms with Crippen molar-refractivity contribution in [2.24, 2.45) is 11.8 Å². The monoisotopic (exact) mass is 686 g/mol. The van der Waals surface area contributed by atoms with Gasteiger partial charge in [0.25, 0.3) is 5.91 Å². The summed E-state index contributed by atoms with van der Waals surface area (Å²) in [7, 11) is 0. The van der Waals surface area contributed by atoms with Crippen molar-refractivity contribution in [1.82, 2.24) is 4.90 Å². The van der Waals surface area contributed by atoms with Crippen LogP contribution in [0, 0.1) is 11.8 Å². The number of hydrogen-bond donors (Lipinski definition) is 1. The maximum absolute atomic E-state index is 15.0. The fourth-order valence-corrected chi connectivity index (χ4v) is 8.43. The first-order valence-electron chi connectivity index (χ1n) is 18.2. The Labute approximate surface area is 297 Å². The van der Waals surface area contributed by atoms with Gasteiger partial charge in [-0.25, -0.2) is 0 Å². The van der Waals surface area contributed by atoms with Gasteiger partial charge >= 0.3 is 0 Å². The molecule has 0 aliphatic carbocycles. The Kier molecular flexibility index (Phi) is 11.7. The number of fused-ring (bicyclic) bond motifs is 1. The number of unbranched alkanes of at least 4 members (excludes halogenated alkanes) is 2. The molecule has 2 bridgehead atoms. The van der Waals surface area contributed by atoms with E-state index in [1.807, 2.05) is 62.4 Å². The summed E-state index contributed by atoms with van der Waals surface area (Å²) in [5.74, 6) is -1.62. The number of amides is 3. The minimum absolute atomic E-state index is 0.0577. The number of carbonyl (C=O) groups excluding carboxylic acids is 3. The highest BCUT2D eigenvalue weighted by Crippen LogP contribution is 2.63. The molecule has 2 aromatic rings. The molecular formula is C40H54N4O6. The number of rotatable bonds is 18. The number of likely N-dealkylation sites (tertiary alicyclic amines) is 1. The fraction of sp³-hybridized carbons (Fsp3) is 0.525. The molecule has 3 amide bonds. The van der Waals surface area contributed by atoms with Crippen molar-refractivity contribution in [3.8, 4) is 5.75 Å². The second kappa shape index (κ2) is 15.8. The maximum atomic E-state index is 15.0. The van der Waals surface area contributed by atoms with Gasteiger partial charge in [-0.3, -0.25) is 14.4 Å². The smallest absolute Gasteiger partial charge is 0.253 e. The van der Waals surface area contributed by atoms with Crippen molar-refractivity contribution in [3.63, 3.8) is 0 Å². The molecule has 1 spiro atoms. The van der Waals surface area contributed by atoms with Gasteiger partial charge in [-0.2, -0.15) is 0 Å². The Morgan fingerprint density at radius 3 is 2.04 bits per heavy atom. The predicted octanol–water partition coefficient (Wildman–Crippen LogP) is 5.60. The quantitative estimate of drug-likeness (QED) is 0.161. The molecule has 0 aromatic heterocycles. The van der Waals surface area contributed by atoms with Crippen molar-refractivity contribution in [2.75, 3.05) is 60.6 Å². The fourth-order valence-electron chi connectivity index (χ4n) is 8.43. The van der Waals surface area contributed by atoms with Gasteiger partial charge in [0.15, 0.2) is 0 Å². The Morgan fingerprint density at radius 1 is 0.900 bits per heavy atom. The normalized spacial score (nSPS) is 24.9. The largest absolute Gasteiger partial charge is 0.494 e. The second-order valence-corrected chi connectivity index (χ2v) is 13.6. The Bertz CT molecular complexity index is 1530. The number of aliphatic hydroxyl groups excluding tert-OH is 1. The third kappa shape index (κ3) is 6.67. The van der Waals surface area contributed by atoms with Crippen LogP contribution in [0.15, 0.2) is 73.8 Å². The summed E-state index contributed by atoms with van der Waals surface area (Å²) in [5, 5.41) is 9.44. The number of nitrogens with zero attached hydrogens (tertiary/aromatic N) is 4. The van der Waals surface area contributed by atoms with Crippen molar-refractivity contribution < 1.29 is 29.0 Å². The number of benzene rings is 2. The molecular weight excluding hydrogens is 632 g/mol. The first-order valence-corrected chi connectivity index (χ1v) is 18.2. The van der Waals surface area contributed by atoms with Crippen LogP contribution < -0.4 is 19.4 Å². The molecule has 10 nitrogen and oxygen atoms in total. The SMILES string of the molecule is C=CCN(C(=O)C1N(CCCCCO)C(=O)[C@@H]2[C@H](C(=O)N(CC=C)c3ccc(OCC)cc3)[C@]3(C)CCC12O3)c1ccc(N(CC)CC)cc1. The lowest BCUT2D eigenvalue weighted by Crippen LogP contribution is -2.56. The average molecular weight is 687 g/mol. The minimum Gasteiger partial charge on any atom is -0.494 e. The standard InChI is InChI=1S/C40H54N4O6/c1-7-25-42(31-19-21-32(22-20-31)49-11-5)36(46)33-34-37(47)44(27-13-12-14-28-45)35(40(34)24-23-39(33,6)50-40)38(48)43(26-8-2)30-17-15-29(16-18-30)41(9-3)10-4/h7-8,15-22,33-35,45H,1-2,9-14,23-28H2,3-6H3/t33-,34+,35?,39+,40?/m1/s1. The zero-order valence-corrected chi connectivity index (χ0v) is 30.2. The zero-order chi connectivity index (χ0) is 36.1. The van der Waals surface area contributed by atoms with E-state index < -0.39 is 29.1 Å². The van der Waals surface area contributed by atoms with Gasteiger partial charge in [0, 0.05) is 56.4 Å². The van der Waals surface area contributed by atoms with Crippen molar-refractivity contribution in [3.05, 3.63) is 73.8 Å². The number of aliphatic hydroxyl groups is 1. The van der Waals surface area contributed by atoms with Crippen LogP contribution in [0.1, 0.15) is 59.8 Å². The lowest BCUT2D eigenvalue weighted by Gasteiger charge is -2.37. The van der Waals surface area contributed by atoms with Gasteiger partial charge < -0.3 is 34.2 Å². The Hall–Kier alpha value is -4.15. The summed E-state index contributed by atoms with van der Waals surface area (Å²) >= 11 is 0. The lowest BCUT2D eigenvalue weighted by atomic mass is 9.66. The van der Waals surface area contributed by atoms with Crippen LogP contribution in [0.25, 0.3) is 0 Å². The van der Waals surface area contributed by atoms with E-state index in [0.29, 0.717) is 62.4 Å².